The maximum Gasteiger partial charge on any atom is 0.0813 e. The highest BCUT2D eigenvalue weighted by Crippen LogP contribution is 2.31. The van der Waals surface area contributed by atoms with E-state index in [1.165, 1.54) is 16.5 Å². The summed E-state index contributed by atoms with van der Waals surface area (Å²) in [5.74, 6) is 0. The van der Waals surface area contributed by atoms with Crippen molar-refractivity contribution in [1.82, 2.24) is 0 Å². The van der Waals surface area contributed by atoms with Gasteiger partial charge in [0.2, 0.25) is 0 Å². The van der Waals surface area contributed by atoms with Crippen LogP contribution in [-0.4, -0.2) is 5.11 Å². The van der Waals surface area contributed by atoms with Crippen LogP contribution in [0, 0.1) is 6.92 Å². The largest absolute Gasteiger partial charge is 0.388 e. The first kappa shape index (κ1) is 18.3. The first-order valence-electron chi connectivity index (χ1n) is 9.74. The van der Waals surface area contributed by atoms with E-state index in [9.17, 15) is 5.11 Å². The molecular weight excluding hydrogens is 342 g/mol. The quantitative estimate of drug-likeness (QED) is 0.412. The van der Waals surface area contributed by atoms with Crippen molar-refractivity contribution in [2.45, 2.75) is 25.5 Å². The summed E-state index contributed by atoms with van der Waals surface area (Å²) in [5.41, 5.74) is 4.41. The second-order valence-corrected chi connectivity index (χ2v) is 7.33. The van der Waals surface area contributed by atoms with E-state index < -0.39 is 6.10 Å². The molecule has 0 spiro atoms. The lowest BCUT2D eigenvalue weighted by molar-refractivity contribution is 0.161. The minimum Gasteiger partial charge on any atom is -0.388 e. The highest BCUT2D eigenvalue weighted by Gasteiger charge is 2.18. The van der Waals surface area contributed by atoms with Gasteiger partial charge in [-0.05, 0) is 47.0 Å². The van der Waals surface area contributed by atoms with Crippen LogP contribution in [0.1, 0.15) is 35.3 Å². The minimum absolute atomic E-state index is 0.0189. The van der Waals surface area contributed by atoms with Gasteiger partial charge in [-0.25, -0.2) is 0 Å². The molecule has 4 aromatic rings. The zero-order valence-electron chi connectivity index (χ0n) is 16.0. The van der Waals surface area contributed by atoms with E-state index in [-0.39, 0.29) is 6.04 Å². The Kier molecular flexibility index (Phi) is 5.41. The highest BCUT2D eigenvalue weighted by atomic mass is 16.3. The fraction of sp³-hybridized carbons (Fsp3) is 0.154. The summed E-state index contributed by atoms with van der Waals surface area (Å²) >= 11 is 0. The molecule has 0 aliphatic heterocycles. The van der Waals surface area contributed by atoms with E-state index >= 15 is 0 Å². The van der Waals surface area contributed by atoms with Gasteiger partial charge in [-0.2, -0.15) is 0 Å². The second-order valence-electron chi connectivity index (χ2n) is 7.33. The van der Waals surface area contributed by atoms with Crippen molar-refractivity contribution in [1.29, 1.82) is 0 Å². The van der Waals surface area contributed by atoms with Crippen LogP contribution in [0.15, 0.2) is 97.1 Å². The second kappa shape index (κ2) is 8.28. The maximum atomic E-state index is 11.0. The van der Waals surface area contributed by atoms with Crippen molar-refractivity contribution in [2.24, 2.45) is 0 Å². The number of nitrogens with one attached hydrogen (secondary N) is 1. The van der Waals surface area contributed by atoms with Crippen molar-refractivity contribution < 1.29 is 5.11 Å². The monoisotopic (exact) mass is 367 g/mol. The molecule has 0 aromatic heterocycles. The van der Waals surface area contributed by atoms with Gasteiger partial charge < -0.3 is 10.4 Å². The number of anilines is 1. The third kappa shape index (κ3) is 4.24. The lowest BCUT2D eigenvalue weighted by Crippen LogP contribution is -2.15. The molecule has 0 saturated carbocycles. The van der Waals surface area contributed by atoms with Gasteiger partial charge in [-0.15, -0.1) is 0 Å². The molecule has 2 nitrogen and oxygen atoms in total. The van der Waals surface area contributed by atoms with Crippen molar-refractivity contribution in [2.75, 3.05) is 5.32 Å². The van der Waals surface area contributed by atoms with E-state index in [0.29, 0.717) is 6.42 Å². The Morgan fingerprint density at radius 2 is 1.39 bits per heavy atom. The maximum absolute atomic E-state index is 11.0. The molecule has 0 amide bonds. The molecule has 2 heteroatoms. The number of fused-ring (bicyclic) bond motifs is 1. The molecular formula is C26H25NO. The molecule has 0 aliphatic carbocycles. The normalized spacial score (nSPS) is 13.2. The van der Waals surface area contributed by atoms with Gasteiger partial charge in [-0.3, -0.25) is 0 Å². The molecule has 0 fully saturated rings. The van der Waals surface area contributed by atoms with Crippen molar-refractivity contribution in [3.05, 3.63) is 114 Å². The lowest BCUT2D eigenvalue weighted by Gasteiger charge is -2.24. The highest BCUT2D eigenvalue weighted by molar-refractivity contribution is 5.83. The number of aliphatic hydroxyl groups excluding tert-OH is 1. The summed E-state index contributed by atoms with van der Waals surface area (Å²) in [4.78, 5) is 0. The summed E-state index contributed by atoms with van der Waals surface area (Å²) in [6, 6.07) is 33.2. The average molecular weight is 367 g/mol. The molecule has 0 radical (unpaired) electrons. The van der Waals surface area contributed by atoms with E-state index in [2.05, 4.69) is 72.9 Å². The molecule has 0 heterocycles. The molecule has 0 saturated heterocycles. The van der Waals surface area contributed by atoms with Crippen LogP contribution in [0.5, 0.6) is 0 Å². The summed E-state index contributed by atoms with van der Waals surface area (Å²) in [6.45, 7) is 2.09. The number of aliphatic hydroxyl groups is 1. The molecule has 28 heavy (non-hydrogen) atoms. The van der Waals surface area contributed by atoms with Crippen LogP contribution in [0.3, 0.4) is 0 Å². The Hall–Kier alpha value is -3.10. The molecule has 0 bridgehead atoms. The predicted molar refractivity (Wildman–Crippen MR) is 118 cm³/mol. The number of rotatable bonds is 6. The number of aryl methyl sites for hydroxylation is 1. The summed E-state index contributed by atoms with van der Waals surface area (Å²) < 4.78 is 0. The number of hydrogen-bond donors (Lipinski definition) is 2. The van der Waals surface area contributed by atoms with Gasteiger partial charge in [0.1, 0.15) is 0 Å². The molecule has 2 N–H and O–H groups in total. The van der Waals surface area contributed by atoms with E-state index in [1.54, 1.807) is 0 Å². The van der Waals surface area contributed by atoms with Crippen LogP contribution >= 0.6 is 0 Å². The van der Waals surface area contributed by atoms with Crippen molar-refractivity contribution in [3.63, 3.8) is 0 Å². The number of benzene rings is 4. The Balaban J connectivity index is 1.59. The van der Waals surface area contributed by atoms with Crippen LogP contribution in [0.25, 0.3) is 10.8 Å². The van der Waals surface area contributed by atoms with E-state index in [0.717, 1.165) is 16.6 Å². The van der Waals surface area contributed by atoms with Gasteiger partial charge >= 0.3 is 0 Å². The van der Waals surface area contributed by atoms with Crippen LogP contribution in [0.4, 0.5) is 5.69 Å². The zero-order chi connectivity index (χ0) is 19.3. The minimum atomic E-state index is -0.548. The van der Waals surface area contributed by atoms with Crippen LogP contribution in [-0.2, 0) is 0 Å². The Bertz CT molecular complexity index is 1040. The van der Waals surface area contributed by atoms with Gasteiger partial charge in [0.05, 0.1) is 12.1 Å². The molecule has 0 aliphatic rings. The third-order valence-corrected chi connectivity index (χ3v) is 5.21. The SMILES string of the molecule is Cc1ccc(NC(CC(O)c2ccc3ccccc3c2)c2ccccc2)cc1. The van der Waals surface area contributed by atoms with Gasteiger partial charge in [0, 0.05) is 12.1 Å². The van der Waals surface area contributed by atoms with Crippen molar-refractivity contribution >= 4 is 16.5 Å². The number of hydrogen-bond acceptors (Lipinski definition) is 2. The molecule has 4 rings (SSSR count). The topological polar surface area (TPSA) is 32.3 Å². The van der Waals surface area contributed by atoms with Gasteiger partial charge in [0.15, 0.2) is 0 Å². The van der Waals surface area contributed by atoms with E-state index in [1.807, 2.05) is 36.4 Å². The summed E-state index contributed by atoms with van der Waals surface area (Å²) in [7, 11) is 0. The molecule has 140 valence electrons. The average Bonchev–Trinajstić information content (AvgIpc) is 2.75. The fourth-order valence-corrected chi connectivity index (χ4v) is 3.59. The van der Waals surface area contributed by atoms with Crippen LogP contribution in [0.2, 0.25) is 0 Å². The Morgan fingerprint density at radius 1 is 0.714 bits per heavy atom. The third-order valence-electron chi connectivity index (χ3n) is 5.21. The first-order chi connectivity index (χ1) is 13.7. The Labute approximate surface area is 166 Å². The van der Waals surface area contributed by atoms with Gasteiger partial charge in [0.25, 0.3) is 0 Å². The molecule has 2 atom stereocenters. The fourth-order valence-electron chi connectivity index (χ4n) is 3.59. The van der Waals surface area contributed by atoms with Crippen LogP contribution < -0.4 is 5.32 Å². The first-order valence-corrected chi connectivity index (χ1v) is 9.74. The smallest absolute Gasteiger partial charge is 0.0813 e. The Morgan fingerprint density at radius 3 is 2.14 bits per heavy atom. The zero-order valence-corrected chi connectivity index (χ0v) is 16.0. The molecule has 2 unspecified atom stereocenters. The summed E-state index contributed by atoms with van der Waals surface area (Å²) in [5, 5.41) is 16.9. The van der Waals surface area contributed by atoms with Crippen molar-refractivity contribution in [3.8, 4) is 0 Å². The molecule has 4 aromatic carbocycles. The predicted octanol–water partition coefficient (Wildman–Crippen LogP) is 6.43. The lowest BCUT2D eigenvalue weighted by atomic mass is 9.95. The standard InChI is InChI=1S/C26H25NO/c1-19-11-15-24(16-12-19)27-25(21-8-3-2-4-9-21)18-26(28)23-14-13-20-7-5-6-10-22(20)17-23/h2-17,25-28H,18H2,1H3. The van der Waals surface area contributed by atoms with E-state index in [4.69, 9.17) is 0 Å². The summed E-state index contributed by atoms with van der Waals surface area (Å²) in [6.07, 6.45) is 0.0451. The van der Waals surface area contributed by atoms with Gasteiger partial charge in [-0.1, -0.05) is 84.4 Å².